The van der Waals surface area contributed by atoms with Gasteiger partial charge in [-0.3, -0.25) is 0 Å². The molecular weight excluding hydrogens is 585 g/mol. The fraction of sp³-hybridized carbons (Fsp3) is 0. The molecule has 0 spiro atoms. The molecule has 222 valence electrons. The summed E-state index contributed by atoms with van der Waals surface area (Å²) in [6.07, 6.45) is 0. The highest BCUT2D eigenvalue weighted by Crippen LogP contribution is 2.40. The zero-order valence-corrected chi connectivity index (χ0v) is 25.8. The number of hydrogen-bond donors (Lipinski definition) is 0. The smallest absolute Gasteiger partial charge is 0.101 e. The van der Waals surface area contributed by atoms with Crippen LogP contribution in [0.1, 0.15) is 11.1 Å². The Morgan fingerprint density at radius 1 is 0.417 bits per heavy atom. The minimum Gasteiger partial charge on any atom is -0.309 e. The normalized spacial score (nSPS) is 11.3. The first-order chi connectivity index (χ1) is 23.8. The molecule has 0 aliphatic heterocycles. The van der Waals surface area contributed by atoms with E-state index in [1.165, 1.54) is 10.8 Å². The lowest BCUT2D eigenvalue weighted by atomic mass is 9.91. The first-order valence-electron chi connectivity index (χ1n) is 15.9. The molecule has 0 unspecified atom stereocenters. The zero-order chi connectivity index (χ0) is 32.2. The van der Waals surface area contributed by atoms with Crippen LogP contribution in [0.2, 0.25) is 0 Å². The van der Waals surface area contributed by atoms with Crippen molar-refractivity contribution in [3.63, 3.8) is 0 Å². The van der Waals surface area contributed by atoms with Gasteiger partial charge in [0.1, 0.15) is 12.1 Å². The number of benzene rings is 7. The standard InChI is InChI=1S/C44H26N4/c45-27-30-13-10-21-38-37-18-4-5-22-40(37)47(44(30)38)31-14-9-12-29(26-31)32-19-11-20-33(39(32)28-46)34-15-1-6-23-41(34)48-42-24-7-2-16-35(42)36-17-3-8-25-43(36)48/h1-26H. The molecule has 4 heteroatoms. The van der Waals surface area contributed by atoms with Gasteiger partial charge in [-0.05, 0) is 48.0 Å². The van der Waals surface area contributed by atoms with Crippen LogP contribution in [0.25, 0.3) is 77.2 Å². The Morgan fingerprint density at radius 3 is 1.67 bits per heavy atom. The molecule has 0 aliphatic carbocycles. The molecular formula is C44H26N4. The van der Waals surface area contributed by atoms with Gasteiger partial charge < -0.3 is 9.13 Å². The van der Waals surface area contributed by atoms with Crippen LogP contribution in [0.4, 0.5) is 0 Å². The number of nitrogens with zero attached hydrogens (tertiary/aromatic N) is 4. The second-order valence-corrected chi connectivity index (χ2v) is 11.9. The van der Waals surface area contributed by atoms with Gasteiger partial charge in [-0.25, -0.2) is 0 Å². The van der Waals surface area contributed by atoms with E-state index in [2.05, 4.69) is 124 Å². The third kappa shape index (κ3) is 4.01. The lowest BCUT2D eigenvalue weighted by molar-refractivity contribution is 1.17. The minimum atomic E-state index is 0.614. The third-order valence-corrected chi connectivity index (χ3v) is 9.42. The van der Waals surface area contributed by atoms with Gasteiger partial charge in [0.05, 0.1) is 38.9 Å². The molecule has 48 heavy (non-hydrogen) atoms. The van der Waals surface area contributed by atoms with Crippen molar-refractivity contribution in [2.45, 2.75) is 0 Å². The van der Waals surface area contributed by atoms with Crippen LogP contribution in [0.5, 0.6) is 0 Å². The van der Waals surface area contributed by atoms with Crippen molar-refractivity contribution in [1.29, 1.82) is 10.5 Å². The molecule has 2 aromatic heterocycles. The molecule has 0 atom stereocenters. The SMILES string of the molecule is N#Cc1c(-c2cccc(-n3c4ccccc4c4cccc(C#N)c43)c2)cccc1-c1ccccc1-n1c2ccccc2c2ccccc21. The molecule has 9 aromatic rings. The van der Waals surface area contributed by atoms with E-state index >= 15 is 0 Å². The lowest BCUT2D eigenvalue weighted by Crippen LogP contribution is -1.99. The summed E-state index contributed by atoms with van der Waals surface area (Å²) in [5.41, 5.74) is 11.0. The van der Waals surface area contributed by atoms with Crippen LogP contribution in [0.15, 0.2) is 158 Å². The maximum Gasteiger partial charge on any atom is 0.101 e. The second kappa shape index (κ2) is 10.9. The van der Waals surface area contributed by atoms with Crippen molar-refractivity contribution in [2.75, 3.05) is 0 Å². The molecule has 0 fully saturated rings. The van der Waals surface area contributed by atoms with Gasteiger partial charge in [0, 0.05) is 43.9 Å². The van der Waals surface area contributed by atoms with Crippen molar-refractivity contribution in [1.82, 2.24) is 9.13 Å². The van der Waals surface area contributed by atoms with Crippen LogP contribution in [-0.2, 0) is 0 Å². The fourth-order valence-corrected chi connectivity index (χ4v) is 7.41. The number of rotatable bonds is 4. The summed E-state index contributed by atoms with van der Waals surface area (Å²) in [7, 11) is 0. The van der Waals surface area contributed by atoms with Crippen LogP contribution in [0, 0.1) is 22.7 Å². The molecule has 4 nitrogen and oxygen atoms in total. The Morgan fingerprint density at radius 2 is 0.958 bits per heavy atom. The van der Waals surface area contributed by atoms with E-state index in [0.717, 1.165) is 66.5 Å². The van der Waals surface area contributed by atoms with Crippen molar-refractivity contribution >= 4 is 43.6 Å². The quantitative estimate of drug-likeness (QED) is 0.199. The highest BCUT2D eigenvalue weighted by atomic mass is 15.0. The summed E-state index contributed by atoms with van der Waals surface area (Å²) in [4.78, 5) is 0. The Hall–Kier alpha value is -6.88. The van der Waals surface area contributed by atoms with Crippen LogP contribution in [0.3, 0.4) is 0 Å². The highest BCUT2D eigenvalue weighted by molar-refractivity contribution is 6.11. The Bertz CT molecular complexity index is 2760. The number of fused-ring (bicyclic) bond motifs is 6. The number of nitriles is 2. The van der Waals surface area contributed by atoms with E-state index in [1.807, 2.05) is 54.6 Å². The predicted molar refractivity (Wildman–Crippen MR) is 195 cm³/mol. The minimum absolute atomic E-state index is 0.614. The van der Waals surface area contributed by atoms with Crippen molar-refractivity contribution in [3.05, 3.63) is 169 Å². The van der Waals surface area contributed by atoms with E-state index < -0.39 is 0 Å². The Balaban J connectivity index is 1.26. The summed E-state index contributed by atoms with van der Waals surface area (Å²) in [5.74, 6) is 0. The molecule has 7 aromatic carbocycles. The monoisotopic (exact) mass is 610 g/mol. The van der Waals surface area contributed by atoms with Gasteiger partial charge in [0.2, 0.25) is 0 Å². The van der Waals surface area contributed by atoms with E-state index in [1.54, 1.807) is 0 Å². The average Bonchev–Trinajstić information content (AvgIpc) is 3.68. The number of hydrogen-bond acceptors (Lipinski definition) is 2. The van der Waals surface area contributed by atoms with Crippen LogP contribution in [-0.4, -0.2) is 9.13 Å². The first kappa shape index (κ1) is 27.4. The van der Waals surface area contributed by atoms with Crippen LogP contribution < -0.4 is 0 Å². The van der Waals surface area contributed by atoms with Gasteiger partial charge in [-0.15, -0.1) is 0 Å². The Kier molecular flexibility index (Phi) is 6.22. The lowest BCUT2D eigenvalue weighted by Gasteiger charge is -2.17. The maximum absolute atomic E-state index is 10.8. The van der Waals surface area contributed by atoms with E-state index in [9.17, 15) is 10.5 Å². The molecule has 9 rings (SSSR count). The van der Waals surface area contributed by atoms with E-state index in [0.29, 0.717) is 11.1 Å². The summed E-state index contributed by atoms with van der Waals surface area (Å²) in [6.45, 7) is 0. The molecule has 2 heterocycles. The first-order valence-corrected chi connectivity index (χ1v) is 15.9. The van der Waals surface area contributed by atoms with E-state index in [-0.39, 0.29) is 0 Å². The van der Waals surface area contributed by atoms with Crippen LogP contribution >= 0.6 is 0 Å². The number of para-hydroxylation sites is 5. The molecule has 0 saturated carbocycles. The molecule has 0 radical (unpaired) electrons. The fourth-order valence-electron chi connectivity index (χ4n) is 7.41. The van der Waals surface area contributed by atoms with Gasteiger partial charge in [-0.1, -0.05) is 115 Å². The van der Waals surface area contributed by atoms with Gasteiger partial charge in [-0.2, -0.15) is 10.5 Å². The molecule has 0 N–H and O–H groups in total. The third-order valence-electron chi connectivity index (χ3n) is 9.42. The molecule has 0 amide bonds. The van der Waals surface area contributed by atoms with E-state index in [4.69, 9.17) is 0 Å². The van der Waals surface area contributed by atoms with Gasteiger partial charge >= 0.3 is 0 Å². The van der Waals surface area contributed by atoms with Crippen molar-refractivity contribution in [3.8, 4) is 45.8 Å². The average molecular weight is 611 g/mol. The molecule has 0 bridgehead atoms. The largest absolute Gasteiger partial charge is 0.309 e. The van der Waals surface area contributed by atoms with Crippen molar-refractivity contribution < 1.29 is 0 Å². The van der Waals surface area contributed by atoms with Crippen molar-refractivity contribution in [2.24, 2.45) is 0 Å². The van der Waals surface area contributed by atoms with Gasteiger partial charge in [0.15, 0.2) is 0 Å². The molecule has 0 saturated heterocycles. The summed E-state index contributed by atoms with van der Waals surface area (Å²) in [5, 5.41) is 25.4. The zero-order valence-electron chi connectivity index (χ0n) is 25.8. The summed E-state index contributed by atoms with van der Waals surface area (Å²) < 4.78 is 4.48. The summed E-state index contributed by atoms with van der Waals surface area (Å²) >= 11 is 0. The predicted octanol–water partition coefficient (Wildman–Crippen LogP) is 11.0. The highest BCUT2D eigenvalue weighted by Gasteiger charge is 2.20. The van der Waals surface area contributed by atoms with Gasteiger partial charge in [0.25, 0.3) is 0 Å². The number of aromatic nitrogens is 2. The Labute approximate surface area is 277 Å². The summed E-state index contributed by atoms with van der Waals surface area (Å²) in [6, 6.07) is 58.8. The second-order valence-electron chi connectivity index (χ2n) is 11.9. The molecule has 0 aliphatic rings. The topological polar surface area (TPSA) is 57.4 Å². The maximum atomic E-state index is 10.8.